The Hall–Kier alpha value is -2.06. The molecule has 2 heterocycles. The number of nitrogens with zero attached hydrogens (tertiary/aromatic N) is 4. The first-order valence-corrected chi connectivity index (χ1v) is 10.3. The number of fused-ring (bicyclic) bond motifs is 1. The van der Waals surface area contributed by atoms with Gasteiger partial charge >= 0.3 is 0 Å². The van der Waals surface area contributed by atoms with Gasteiger partial charge in [-0.05, 0) is 31.5 Å². The van der Waals surface area contributed by atoms with Gasteiger partial charge in [0.1, 0.15) is 18.1 Å². The van der Waals surface area contributed by atoms with E-state index in [0.717, 1.165) is 6.42 Å². The predicted molar refractivity (Wildman–Crippen MR) is 97.9 cm³/mol. The minimum atomic E-state index is -3.80. The Morgan fingerprint density at radius 2 is 2.24 bits per heavy atom. The summed E-state index contributed by atoms with van der Waals surface area (Å²) in [6, 6.07) is 8.45. The van der Waals surface area contributed by atoms with Gasteiger partial charge < -0.3 is 5.32 Å². The van der Waals surface area contributed by atoms with Crippen molar-refractivity contribution in [3.8, 4) is 6.07 Å². The van der Waals surface area contributed by atoms with E-state index in [1.807, 2.05) is 13.3 Å². The Morgan fingerprint density at radius 3 is 2.88 bits per heavy atom. The lowest BCUT2D eigenvalue weighted by Crippen LogP contribution is -2.52. The highest BCUT2D eigenvalue weighted by Crippen LogP contribution is 2.36. The molecule has 0 saturated heterocycles. The molecule has 1 unspecified atom stereocenters. The Kier molecular flexibility index (Phi) is 4.75. The molecule has 0 spiro atoms. The first-order valence-electron chi connectivity index (χ1n) is 7.47. The molecule has 1 aromatic carbocycles. The summed E-state index contributed by atoms with van der Waals surface area (Å²) in [7, 11) is -1.84. The molecule has 0 fully saturated rings. The van der Waals surface area contributed by atoms with E-state index in [1.54, 1.807) is 35.1 Å². The maximum Gasteiger partial charge on any atom is 0.238 e. The summed E-state index contributed by atoms with van der Waals surface area (Å²) < 4.78 is 23.1. The fourth-order valence-corrected chi connectivity index (χ4v) is 4.39. The van der Waals surface area contributed by atoms with Crippen molar-refractivity contribution in [2.75, 3.05) is 18.6 Å². The van der Waals surface area contributed by atoms with Gasteiger partial charge in [0.15, 0.2) is 0 Å². The standard InChI is InChI=1S/C15H18N6O2S2/c1-20-13-6-7-18-21(13)14(12(9-16)15(20)24-2)19-10-4-3-5-11(8-10)25(17,22)23/h3-5,7-8,13,15,19H,6H2,1-2H3,(H2,17,22,23)/t13-,15?/m0/s1. The summed E-state index contributed by atoms with van der Waals surface area (Å²) in [5.41, 5.74) is 1.06. The molecule has 2 atom stereocenters. The van der Waals surface area contributed by atoms with E-state index >= 15 is 0 Å². The third-order valence-corrected chi connectivity index (χ3v) is 6.07. The number of hydrogen-bond donors (Lipinski definition) is 2. The molecule has 0 radical (unpaired) electrons. The van der Waals surface area contributed by atoms with Gasteiger partial charge in [-0.3, -0.25) is 4.90 Å². The maximum absolute atomic E-state index is 11.6. The summed E-state index contributed by atoms with van der Waals surface area (Å²) in [5.74, 6) is 0.560. The molecule has 0 amide bonds. The molecule has 2 aliphatic heterocycles. The molecule has 8 nitrogen and oxygen atoms in total. The maximum atomic E-state index is 11.6. The number of thioether (sulfide) groups is 1. The normalized spacial score (nSPS) is 23.5. The van der Waals surface area contributed by atoms with Gasteiger partial charge in [-0.15, -0.1) is 11.8 Å². The average Bonchev–Trinajstić information content (AvgIpc) is 3.06. The summed E-state index contributed by atoms with van der Waals surface area (Å²) >= 11 is 1.56. The van der Waals surface area contributed by atoms with E-state index in [1.165, 1.54) is 12.1 Å². The number of primary sulfonamides is 1. The minimum Gasteiger partial charge on any atom is -0.339 e. The van der Waals surface area contributed by atoms with Crippen LogP contribution in [0, 0.1) is 11.3 Å². The second kappa shape index (κ2) is 6.68. The first-order chi connectivity index (χ1) is 11.9. The second-order valence-corrected chi connectivity index (χ2v) is 8.16. The SMILES string of the molecule is CSC1C(C#N)=C(Nc2cccc(S(N)(=O)=O)c2)N2N=CC[C@H]2N1C. The molecule has 0 aliphatic carbocycles. The zero-order valence-corrected chi connectivity index (χ0v) is 15.4. The zero-order valence-electron chi connectivity index (χ0n) is 13.7. The topological polar surface area (TPSA) is 115 Å². The number of likely N-dealkylation sites (N-methyl/N-ethyl adjacent to an activating group) is 1. The summed E-state index contributed by atoms with van der Waals surface area (Å²) in [5, 5.41) is 24.0. The Labute approximate surface area is 151 Å². The lowest BCUT2D eigenvalue weighted by atomic mass is 10.1. The first kappa shape index (κ1) is 17.8. The van der Waals surface area contributed by atoms with Crippen LogP contribution >= 0.6 is 11.8 Å². The predicted octanol–water partition coefficient (Wildman–Crippen LogP) is 1.13. The second-order valence-electron chi connectivity index (χ2n) is 5.68. The van der Waals surface area contributed by atoms with Crippen LogP contribution in [0.2, 0.25) is 0 Å². The van der Waals surface area contributed by atoms with Crippen LogP contribution in [0.25, 0.3) is 0 Å². The largest absolute Gasteiger partial charge is 0.339 e. The molecule has 0 aromatic heterocycles. The number of sulfonamides is 1. The van der Waals surface area contributed by atoms with Crippen molar-refractivity contribution >= 4 is 33.7 Å². The van der Waals surface area contributed by atoms with Crippen LogP contribution < -0.4 is 10.5 Å². The van der Waals surface area contributed by atoms with E-state index in [4.69, 9.17) is 5.14 Å². The summed E-state index contributed by atoms with van der Waals surface area (Å²) in [4.78, 5) is 2.11. The number of nitrogens with two attached hydrogens (primary N) is 1. The van der Waals surface area contributed by atoms with Crippen molar-refractivity contribution < 1.29 is 8.42 Å². The molecule has 1 aromatic rings. The fourth-order valence-electron chi connectivity index (χ4n) is 2.96. The van der Waals surface area contributed by atoms with Crippen LogP contribution in [0.5, 0.6) is 0 Å². The van der Waals surface area contributed by atoms with Crippen molar-refractivity contribution in [2.45, 2.75) is 22.9 Å². The number of nitrogens with one attached hydrogen (secondary N) is 1. The number of hydrogen-bond acceptors (Lipinski definition) is 8. The molecular formula is C15H18N6O2S2. The van der Waals surface area contributed by atoms with Crippen LogP contribution in [0.3, 0.4) is 0 Å². The number of anilines is 1. The molecule has 132 valence electrons. The summed E-state index contributed by atoms with van der Waals surface area (Å²) in [6.45, 7) is 0. The van der Waals surface area contributed by atoms with Crippen LogP contribution in [0.15, 0.2) is 45.7 Å². The van der Waals surface area contributed by atoms with Crippen LogP contribution in [0.4, 0.5) is 5.69 Å². The lowest BCUT2D eigenvalue weighted by Gasteiger charge is -2.42. The third kappa shape index (κ3) is 3.23. The number of benzene rings is 1. The minimum absolute atomic E-state index is 0.00687. The van der Waals surface area contributed by atoms with Crippen molar-refractivity contribution in [2.24, 2.45) is 10.2 Å². The summed E-state index contributed by atoms with van der Waals surface area (Å²) in [6.07, 6.45) is 4.51. The molecule has 2 aliphatic rings. The lowest BCUT2D eigenvalue weighted by molar-refractivity contribution is 0.0942. The van der Waals surface area contributed by atoms with Gasteiger partial charge in [-0.25, -0.2) is 18.6 Å². The van der Waals surface area contributed by atoms with Gasteiger partial charge in [-0.2, -0.15) is 10.4 Å². The zero-order chi connectivity index (χ0) is 18.2. The van der Waals surface area contributed by atoms with E-state index < -0.39 is 10.0 Å². The van der Waals surface area contributed by atoms with Gasteiger partial charge in [0.25, 0.3) is 0 Å². The van der Waals surface area contributed by atoms with E-state index in [2.05, 4.69) is 21.4 Å². The number of hydrazone groups is 1. The van der Waals surface area contributed by atoms with Crippen molar-refractivity contribution in [1.29, 1.82) is 5.26 Å². The number of rotatable bonds is 4. The highest BCUT2D eigenvalue weighted by molar-refractivity contribution is 7.99. The molecular weight excluding hydrogens is 360 g/mol. The Balaban J connectivity index is 2.04. The molecule has 25 heavy (non-hydrogen) atoms. The van der Waals surface area contributed by atoms with Crippen molar-refractivity contribution in [3.05, 3.63) is 35.7 Å². The Morgan fingerprint density at radius 1 is 1.48 bits per heavy atom. The monoisotopic (exact) mass is 378 g/mol. The van der Waals surface area contributed by atoms with Gasteiger partial charge in [0.2, 0.25) is 10.0 Å². The Bertz CT molecular complexity index is 890. The van der Waals surface area contributed by atoms with Gasteiger partial charge in [-0.1, -0.05) is 6.07 Å². The smallest absolute Gasteiger partial charge is 0.238 e. The fraction of sp³-hybridized carbons (Fsp3) is 0.333. The van der Waals surface area contributed by atoms with E-state index in [0.29, 0.717) is 17.1 Å². The van der Waals surface area contributed by atoms with Crippen LogP contribution in [-0.2, 0) is 10.0 Å². The van der Waals surface area contributed by atoms with Gasteiger partial charge in [0, 0.05) is 18.3 Å². The van der Waals surface area contributed by atoms with Crippen LogP contribution in [0.1, 0.15) is 6.42 Å². The molecule has 0 bridgehead atoms. The third-order valence-electron chi connectivity index (χ3n) is 4.14. The molecule has 0 saturated carbocycles. The average molecular weight is 378 g/mol. The molecule has 10 heteroatoms. The molecule has 3 rings (SSSR count). The quantitative estimate of drug-likeness (QED) is 0.807. The highest BCUT2D eigenvalue weighted by atomic mass is 32.2. The highest BCUT2D eigenvalue weighted by Gasteiger charge is 2.40. The molecule has 3 N–H and O–H groups in total. The van der Waals surface area contributed by atoms with Crippen LogP contribution in [-0.4, -0.2) is 49.4 Å². The number of nitriles is 1. The van der Waals surface area contributed by atoms with Crippen molar-refractivity contribution in [1.82, 2.24) is 9.91 Å². The van der Waals surface area contributed by atoms with Gasteiger partial charge in [0.05, 0.1) is 15.8 Å². The van der Waals surface area contributed by atoms with E-state index in [9.17, 15) is 13.7 Å². The van der Waals surface area contributed by atoms with Crippen molar-refractivity contribution in [3.63, 3.8) is 0 Å². The van der Waals surface area contributed by atoms with E-state index in [-0.39, 0.29) is 16.4 Å².